The van der Waals surface area contributed by atoms with Crippen LogP contribution in [0.15, 0.2) is 4.52 Å². The Morgan fingerprint density at radius 2 is 2.06 bits per heavy atom. The maximum Gasteiger partial charge on any atom is 0.321 e. The Hall–Kier alpha value is -1.85. The second-order valence-corrected chi connectivity index (χ2v) is 3.77. The molecule has 0 fully saturated rings. The number of nitrogens with one attached hydrogen (secondary N) is 1. The van der Waals surface area contributed by atoms with Gasteiger partial charge in [0.05, 0.1) is 5.69 Å². The highest BCUT2D eigenvalue weighted by atomic mass is 16.5. The Balaban J connectivity index is 2.10. The first-order valence-corrected chi connectivity index (χ1v) is 5.11. The van der Waals surface area contributed by atoms with E-state index in [0.29, 0.717) is 18.4 Å². The highest BCUT2D eigenvalue weighted by molar-refractivity contribution is 5.29. The fraction of sp³-hybridized carbons (Fsp3) is 0.500. The van der Waals surface area contributed by atoms with Gasteiger partial charge < -0.3 is 9.84 Å². The number of anilines is 1. The van der Waals surface area contributed by atoms with Crippen molar-refractivity contribution < 1.29 is 4.52 Å². The molecule has 0 spiro atoms. The summed E-state index contributed by atoms with van der Waals surface area (Å²) in [5, 5.41) is 11.1. The second-order valence-electron chi connectivity index (χ2n) is 3.77. The first-order valence-electron chi connectivity index (χ1n) is 5.11. The molecular formula is C10H15N5O. The molecule has 0 saturated carbocycles. The lowest BCUT2D eigenvalue weighted by atomic mass is 10.2. The van der Waals surface area contributed by atoms with E-state index in [1.807, 2.05) is 25.6 Å². The topological polar surface area (TPSA) is 68.8 Å². The third-order valence-corrected chi connectivity index (χ3v) is 2.60. The van der Waals surface area contributed by atoms with Gasteiger partial charge in [0.15, 0.2) is 5.82 Å². The van der Waals surface area contributed by atoms with Crippen molar-refractivity contribution in [1.82, 2.24) is 19.9 Å². The van der Waals surface area contributed by atoms with Crippen molar-refractivity contribution in [1.29, 1.82) is 0 Å². The fourth-order valence-corrected chi connectivity index (χ4v) is 1.61. The van der Waals surface area contributed by atoms with Crippen LogP contribution in [0, 0.1) is 20.8 Å². The standard InChI is InChI=1S/C10H15N5O/c1-6-9(7(2)15(4)13-6)5-11-10-12-8(3)14-16-10/h5H2,1-4H3,(H,11,12,14). The molecule has 2 aromatic rings. The normalized spacial score (nSPS) is 10.8. The van der Waals surface area contributed by atoms with Crippen molar-refractivity contribution in [3.05, 3.63) is 22.8 Å². The van der Waals surface area contributed by atoms with Crippen LogP contribution in [0.25, 0.3) is 0 Å². The van der Waals surface area contributed by atoms with Gasteiger partial charge in [-0.1, -0.05) is 5.16 Å². The lowest BCUT2D eigenvalue weighted by Gasteiger charge is -2.01. The summed E-state index contributed by atoms with van der Waals surface area (Å²) in [6.07, 6.45) is 0. The van der Waals surface area contributed by atoms with Crippen molar-refractivity contribution in [3.8, 4) is 0 Å². The number of rotatable bonds is 3. The molecule has 6 nitrogen and oxygen atoms in total. The number of aryl methyl sites for hydroxylation is 3. The molecule has 0 atom stereocenters. The largest absolute Gasteiger partial charge is 0.334 e. The summed E-state index contributed by atoms with van der Waals surface area (Å²) in [4.78, 5) is 4.08. The highest BCUT2D eigenvalue weighted by Crippen LogP contribution is 2.13. The Labute approximate surface area is 93.7 Å². The van der Waals surface area contributed by atoms with Gasteiger partial charge in [0.25, 0.3) is 0 Å². The van der Waals surface area contributed by atoms with Crippen molar-refractivity contribution in [2.24, 2.45) is 7.05 Å². The summed E-state index contributed by atoms with van der Waals surface area (Å²) < 4.78 is 6.84. The molecule has 0 radical (unpaired) electrons. The number of hydrogen-bond acceptors (Lipinski definition) is 5. The molecule has 0 aliphatic carbocycles. The zero-order valence-corrected chi connectivity index (χ0v) is 9.90. The van der Waals surface area contributed by atoms with Gasteiger partial charge in [-0.15, -0.1) is 0 Å². The molecule has 2 rings (SSSR count). The maximum absolute atomic E-state index is 4.97. The molecule has 0 aliphatic heterocycles. The van der Waals surface area contributed by atoms with Gasteiger partial charge in [-0.25, -0.2) is 0 Å². The van der Waals surface area contributed by atoms with E-state index >= 15 is 0 Å². The van der Waals surface area contributed by atoms with Crippen molar-refractivity contribution in [3.63, 3.8) is 0 Å². The van der Waals surface area contributed by atoms with Gasteiger partial charge in [-0.3, -0.25) is 4.68 Å². The summed E-state index contributed by atoms with van der Waals surface area (Å²) in [5.74, 6) is 0.627. The first-order chi connectivity index (χ1) is 7.58. The molecule has 2 aromatic heterocycles. The molecule has 2 heterocycles. The van der Waals surface area contributed by atoms with Gasteiger partial charge in [-0.05, 0) is 20.8 Å². The van der Waals surface area contributed by atoms with E-state index in [9.17, 15) is 0 Å². The van der Waals surface area contributed by atoms with Gasteiger partial charge in [0, 0.05) is 24.8 Å². The van der Waals surface area contributed by atoms with E-state index in [4.69, 9.17) is 4.52 Å². The Bertz CT molecular complexity index is 499. The van der Waals surface area contributed by atoms with Crippen LogP contribution in [-0.4, -0.2) is 19.9 Å². The van der Waals surface area contributed by atoms with Crippen LogP contribution in [0.3, 0.4) is 0 Å². The molecule has 0 bridgehead atoms. The smallest absolute Gasteiger partial charge is 0.321 e. The van der Waals surface area contributed by atoms with Gasteiger partial charge in [0.2, 0.25) is 0 Å². The third kappa shape index (κ3) is 1.91. The van der Waals surface area contributed by atoms with Crippen LogP contribution < -0.4 is 5.32 Å². The predicted octanol–water partition coefficient (Wildman–Crippen LogP) is 1.34. The van der Waals surface area contributed by atoms with Crippen LogP contribution in [-0.2, 0) is 13.6 Å². The predicted molar refractivity (Wildman–Crippen MR) is 59.0 cm³/mol. The van der Waals surface area contributed by atoms with Crippen molar-refractivity contribution in [2.45, 2.75) is 27.3 Å². The minimum absolute atomic E-state index is 0.445. The molecule has 0 saturated heterocycles. The summed E-state index contributed by atoms with van der Waals surface area (Å²) in [6.45, 7) is 6.46. The van der Waals surface area contributed by atoms with Crippen molar-refractivity contribution >= 4 is 6.01 Å². The van der Waals surface area contributed by atoms with Crippen LogP contribution in [0.1, 0.15) is 22.8 Å². The van der Waals surface area contributed by atoms with E-state index in [1.54, 1.807) is 6.92 Å². The van der Waals surface area contributed by atoms with E-state index in [0.717, 1.165) is 11.4 Å². The summed E-state index contributed by atoms with van der Waals surface area (Å²) in [5.41, 5.74) is 3.32. The van der Waals surface area contributed by atoms with Crippen molar-refractivity contribution in [2.75, 3.05) is 5.32 Å². The minimum atomic E-state index is 0.445. The van der Waals surface area contributed by atoms with Crippen LogP contribution in [0.4, 0.5) is 6.01 Å². The summed E-state index contributed by atoms with van der Waals surface area (Å²) in [7, 11) is 1.93. The molecule has 0 unspecified atom stereocenters. The van der Waals surface area contributed by atoms with E-state index in [1.165, 1.54) is 5.56 Å². The monoisotopic (exact) mass is 221 g/mol. The molecule has 86 valence electrons. The molecule has 0 aromatic carbocycles. The average Bonchev–Trinajstić information content (AvgIpc) is 2.72. The molecular weight excluding hydrogens is 206 g/mol. The second kappa shape index (κ2) is 3.96. The Morgan fingerprint density at radius 3 is 2.56 bits per heavy atom. The zero-order chi connectivity index (χ0) is 11.7. The van der Waals surface area contributed by atoms with E-state index in [-0.39, 0.29) is 0 Å². The van der Waals surface area contributed by atoms with Crippen LogP contribution >= 0.6 is 0 Å². The SMILES string of the molecule is Cc1noc(NCc2c(C)nn(C)c2C)n1. The van der Waals surface area contributed by atoms with Gasteiger partial charge in [-0.2, -0.15) is 10.1 Å². The molecule has 6 heteroatoms. The zero-order valence-electron chi connectivity index (χ0n) is 9.90. The molecule has 0 amide bonds. The maximum atomic E-state index is 4.97. The average molecular weight is 221 g/mol. The fourth-order valence-electron chi connectivity index (χ4n) is 1.61. The Morgan fingerprint density at radius 1 is 1.31 bits per heavy atom. The van der Waals surface area contributed by atoms with Crippen LogP contribution in [0.2, 0.25) is 0 Å². The Kier molecular flexibility index (Phi) is 2.64. The third-order valence-electron chi connectivity index (χ3n) is 2.60. The highest BCUT2D eigenvalue weighted by Gasteiger charge is 2.10. The number of hydrogen-bond donors (Lipinski definition) is 1. The summed E-state index contributed by atoms with van der Waals surface area (Å²) in [6, 6.07) is 0.445. The van der Waals surface area contributed by atoms with Gasteiger partial charge in [0.1, 0.15) is 0 Å². The molecule has 0 aliphatic rings. The molecule has 1 N–H and O–H groups in total. The number of nitrogens with zero attached hydrogens (tertiary/aromatic N) is 4. The van der Waals surface area contributed by atoms with Gasteiger partial charge >= 0.3 is 6.01 Å². The minimum Gasteiger partial charge on any atom is -0.334 e. The lowest BCUT2D eigenvalue weighted by molar-refractivity contribution is 0.425. The molecule has 16 heavy (non-hydrogen) atoms. The lowest BCUT2D eigenvalue weighted by Crippen LogP contribution is -2.02. The van der Waals surface area contributed by atoms with E-state index < -0.39 is 0 Å². The summed E-state index contributed by atoms with van der Waals surface area (Å²) >= 11 is 0. The van der Waals surface area contributed by atoms with E-state index in [2.05, 4.69) is 20.6 Å². The van der Waals surface area contributed by atoms with Crippen LogP contribution in [0.5, 0.6) is 0 Å². The number of aromatic nitrogens is 4. The quantitative estimate of drug-likeness (QED) is 0.847. The first kappa shape index (κ1) is 10.7.